The Balaban J connectivity index is 1.85. The van der Waals surface area contributed by atoms with Gasteiger partial charge in [-0.3, -0.25) is 14.4 Å². The van der Waals surface area contributed by atoms with Gasteiger partial charge in [0.15, 0.2) is 0 Å². The molecular formula is C21H25N3O4. The molecule has 0 spiro atoms. The van der Waals surface area contributed by atoms with E-state index in [1.54, 1.807) is 0 Å². The third kappa shape index (κ3) is 4.67. The van der Waals surface area contributed by atoms with Crippen molar-refractivity contribution in [1.29, 1.82) is 0 Å². The van der Waals surface area contributed by atoms with Crippen LogP contribution in [-0.4, -0.2) is 41.2 Å². The molecule has 1 saturated carbocycles. The van der Waals surface area contributed by atoms with Crippen molar-refractivity contribution in [3.8, 4) is 0 Å². The third-order valence-electron chi connectivity index (χ3n) is 5.08. The average Bonchev–Trinajstić information content (AvgIpc) is 3.13. The molecule has 2 atom stereocenters. The fraction of sp³-hybridized carbons (Fsp3) is 0.381. The lowest BCUT2D eigenvalue weighted by Gasteiger charge is -2.14. The lowest BCUT2D eigenvalue weighted by molar-refractivity contribution is 0.0944. The first-order valence-electron chi connectivity index (χ1n) is 9.44. The monoisotopic (exact) mass is 383 g/mol. The van der Waals surface area contributed by atoms with Gasteiger partial charge in [0.1, 0.15) is 5.56 Å². The van der Waals surface area contributed by atoms with E-state index in [0.29, 0.717) is 13.0 Å². The third-order valence-corrected chi connectivity index (χ3v) is 5.08. The summed E-state index contributed by atoms with van der Waals surface area (Å²) in [6.45, 7) is 0.725. The number of benzene rings is 1. The summed E-state index contributed by atoms with van der Waals surface area (Å²) in [5.41, 5.74) is 0.638. The summed E-state index contributed by atoms with van der Waals surface area (Å²) < 4.78 is 1.38. The first kappa shape index (κ1) is 19.8. The number of rotatable bonds is 6. The zero-order valence-corrected chi connectivity index (χ0v) is 15.9. The number of aliphatic hydroxyl groups is 1. The van der Waals surface area contributed by atoms with E-state index in [2.05, 4.69) is 10.6 Å². The molecule has 0 saturated heterocycles. The lowest BCUT2D eigenvalue weighted by Crippen LogP contribution is -2.34. The van der Waals surface area contributed by atoms with Crippen molar-refractivity contribution >= 4 is 11.8 Å². The molecule has 2 aromatic rings. The fourth-order valence-corrected chi connectivity index (χ4v) is 3.53. The number of nitrogens with zero attached hydrogens (tertiary/aromatic N) is 1. The number of carbonyl (C=O) groups is 2. The van der Waals surface area contributed by atoms with Crippen LogP contribution >= 0.6 is 0 Å². The van der Waals surface area contributed by atoms with Crippen molar-refractivity contribution in [3.63, 3.8) is 0 Å². The summed E-state index contributed by atoms with van der Waals surface area (Å²) in [7, 11) is 1.45. The van der Waals surface area contributed by atoms with Crippen molar-refractivity contribution in [3.05, 3.63) is 69.6 Å². The predicted octanol–water partition coefficient (Wildman–Crippen LogP) is 1.15. The van der Waals surface area contributed by atoms with E-state index in [-0.39, 0.29) is 35.6 Å². The van der Waals surface area contributed by atoms with Crippen LogP contribution in [0.25, 0.3) is 0 Å². The van der Waals surface area contributed by atoms with E-state index in [0.717, 1.165) is 18.4 Å². The highest BCUT2D eigenvalue weighted by Crippen LogP contribution is 2.24. The summed E-state index contributed by atoms with van der Waals surface area (Å²) in [6.07, 6.45) is 3.49. The van der Waals surface area contributed by atoms with E-state index in [4.69, 9.17) is 0 Å². The Morgan fingerprint density at radius 1 is 1.18 bits per heavy atom. The van der Waals surface area contributed by atoms with Gasteiger partial charge in [-0.1, -0.05) is 30.3 Å². The van der Waals surface area contributed by atoms with Gasteiger partial charge in [0.05, 0.1) is 18.2 Å². The molecule has 28 heavy (non-hydrogen) atoms. The first-order chi connectivity index (χ1) is 13.5. The van der Waals surface area contributed by atoms with Crippen LogP contribution in [0.5, 0.6) is 0 Å². The Labute approximate surface area is 163 Å². The van der Waals surface area contributed by atoms with E-state index < -0.39 is 11.5 Å². The van der Waals surface area contributed by atoms with Gasteiger partial charge in [-0.25, -0.2) is 0 Å². The van der Waals surface area contributed by atoms with Gasteiger partial charge < -0.3 is 20.3 Å². The number of aliphatic hydroxyl groups excluding tert-OH is 1. The van der Waals surface area contributed by atoms with Crippen LogP contribution in [0, 0.1) is 5.92 Å². The number of hydrogen-bond donors (Lipinski definition) is 3. The maximum absolute atomic E-state index is 12.7. The highest BCUT2D eigenvalue weighted by molar-refractivity contribution is 5.99. The maximum atomic E-state index is 12.7. The number of carbonyl (C=O) groups excluding carboxylic acids is 2. The standard InChI is InChI=1S/C21H25N3O4/c1-22-20(27)18-10-16(19(26)23-11-15-7-8-17(25)9-15)13-24(21(18)28)12-14-5-3-2-4-6-14/h2-6,10,13,15,17,25H,7-9,11-12H2,1H3,(H,22,27)(H,23,26)/t15-,17+/m1/s1. The number of aromatic nitrogens is 1. The van der Waals surface area contributed by atoms with Crippen LogP contribution in [0.2, 0.25) is 0 Å². The molecule has 0 radical (unpaired) electrons. The molecule has 3 N–H and O–H groups in total. The minimum Gasteiger partial charge on any atom is -0.393 e. The summed E-state index contributed by atoms with van der Waals surface area (Å²) >= 11 is 0. The molecular weight excluding hydrogens is 358 g/mol. The van der Waals surface area contributed by atoms with E-state index in [1.807, 2.05) is 30.3 Å². The van der Waals surface area contributed by atoms with Gasteiger partial charge >= 0.3 is 0 Å². The second kappa shape index (κ2) is 8.84. The molecule has 3 rings (SSSR count). The van der Waals surface area contributed by atoms with Crippen LogP contribution in [0.3, 0.4) is 0 Å². The SMILES string of the molecule is CNC(=O)c1cc(C(=O)NC[C@@H]2CC[C@H](O)C2)cn(Cc2ccccc2)c1=O. The van der Waals surface area contributed by atoms with Crippen LogP contribution in [0.15, 0.2) is 47.4 Å². The fourth-order valence-electron chi connectivity index (χ4n) is 3.53. The summed E-state index contributed by atoms with van der Waals surface area (Å²) in [5.74, 6) is -0.624. The van der Waals surface area contributed by atoms with Crippen molar-refractivity contribution in [2.24, 2.45) is 5.92 Å². The van der Waals surface area contributed by atoms with E-state index >= 15 is 0 Å². The molecule has 7 heteroatoms. The number of pyridine rings is 1. The lowest BCUT2D eigenvalue weighted by atomic mass is 10.1. The minimum absolute atomic E-state index is 0.0673. The number of hydrogen-bond acceptors (Lipinski definition) is 4. The molecule has 1 aliphatic rings. The van der Waals surface area contributed by atoms with Crippen LogP contribution in [0.1, 0.15) is 45.5 Å². The second-order valence-corrected chi connectivity index (χ2v) is 7.18. The molecule has 1 aliphatic carbocycles. The highest BCUT2D eigenvalue weighted by atomic mass is 16.3. The van der Waals surface area contributed by atoms with Gasteiger partial charge in [-0.05, 0) is 36.8 Å². The van der Waals surface area contributed by atoms with Crippen LogP contribution < -0.4 is 16.2 Å². The molecule has 7 nitrogen and oxygen atoms in total. The Hall–Kier alpha value is -2.93. The Morgan fingerprint density at radius 2 is 1.93 bits per heavy atom. The molecule has 1 fully saturated rings. The molecule has 1 aromatic carbocycles. The average molecular weight is 383 g/mol. The molecule has 1 aromatic heterocycles. The maximum Gasteiger partial charge on any atom is 0.263 e. The van der Waals surface area contributed by atoms with Gasteiger partial charge in [0.25, 0.3) is 17.4 Å². The van der Waals surface area contributed by atoms with Gasteiger partial charge in [-0.2, -0.15) is 0 Å². The minimum atomic E-state index is -0.527. The van der Waals surface area contributed by atoms with Gasteiger partial charge in [-0.15, -0.1) is 0 Å². The normalized spacial score (nSPS) is 18.6. The molecule has 0 bridgehead atoms. The highest BCUT2D eigenvalue weighted by Gasteiger charge is 2.23. The molecule has 0 unspecified atom stereocenters. The van der Waals surface area contributed by atoms with Crippen molar-refractivity contribution in [1.82, 2.24) is 15.2 Å². The van der Waals surface area contributed by atoms with Crippen LogP contribution in [-0.2, 0) is 6.54 Å². The quantitative estimate of drug-likeness (QED) is 0.697. The van der Waals surface area contributed by atoms with E-state index in [1.165, 1.54) is 23.9 Å². The van der Waals surface area contributed by atoms with Crippen LogP contribution in [0.4, 0.5) is 0 Å². The largest absolute Gasteiger partial charge is 0.393 e. The smallest absolute Gasteiger partial charge is 0.263 e. The topological polar surface area (TPSA) is 100 Å². The van der Waals surface area contributed by atoms with Gasteiger partial charge in [0.2, 0.25) is 0 Å². The molecule has 1 heterocycles. The summed E-state index contributed by atoms with van der Waals surface area (Å²) in [6, 6.07) is 10.7. The zero-order valence-electron chi connectivity index (χ0n) is 15.9. The molecule has 2 amide bonds. The number of nitrogens with one attached hydrogen (secondary N) is 2. The van der Waals surface area contributed by atoms with E-state index in [9.17, 15) is 19.5 Å². The summed E-state index contributed by atoms with van der Waals surface area (Å²) in [4.78, 5) is 37.5. The predicted molar refractivity (Wildman–Crippen MR) is 105 cm³/mol. The molecule has 148 valence electrons. The van der Waals surface area contributed by atoms with Gasteiger partial charge in [0, 0.05) is 19.8 Å². The van der Waals surface area contributed by atoms with Crippen molar-refractivity contribution in [2.45, 2.75) is 31.9 Å². The Bertz CT molecular complexity index is 908. The van der Waals surface area contributed by atoms with Crippen molar-refractivity contribution in [2.75, 3.05) is 13.6 Å². The van der Waals surface area contributed by atoms with Crippen molar-refractivity contribution < 1.29 is 14.7 Å². The summed E-state index contributed by atoms with van der Waals surface area (Å²) in [5, 5.41) is 14.9. The Kier molecular flexibility index (Phi) is 6.26. The number of amides is 2. The molecule has 0 aliphatic heterocycles. The first-order valence-corrected chi connectivity index (χ1v) is 9.44. The second-order valence-electron chi connectivity index (χ2n) is 7.18. The Morgan fingerprint density at radius 3 is 2.57 bits per heavy atom. The zero-order chi connectivity index (χ0) is 20.1.